The summed E-state index contributed by atoms with van der Waals surface area (Å²) in [6.45, 7) is 14.5. The normalized spacial score (nSPS) is 19.7. The molecule has 2 nitrogen and oxygen atoms in total. The maximum Gasteiger partial charge on any atom is 0.316 e. The first-order valence-electron chi connectivity index (χ1n) is 8.14. The van der Waals surface area contributed by atoms with E-state index in [0.29, 0.717) is 0 Å². The standard InChI is InChI=1S/C19H32O2/c1-8-15(21-17(20)18(3,4)5)11-12-16-14(2)10-9-13-19(16,6)7/h8H,9-13H2,1-7H3. The summed E-state index contributed by atoms with van der Waals surface area (Å²) >= 11 is 0. The van der Waals surface area contributed by atoms with E-state index in [9.17, 15) is 4.79 Å². The van der Waals surface area contributed by atoms with E-state index in [4.69, 9.17) is 4.74 Å². The Morgan fingerprint density at radius 3 is 2.43 bits per heavy atom. The maximum atomic E-state index is 12.0. The van der Waals surface area contributed by atoms with Crippen LogP contribution in [0, 0.1) is 10.8 Å². The lowest BCUT2D eigenvalue weighted by Crippen LogP contribution is -2.23. The fraction of sp³-hybridized carbons (Fsp3) is 0.737. The van der Waals surface area contributed by atoms with E-state index in [1.807, 2.05) is 33.8 Å². The van der Waals surface area contributed by atoms with Crippen molar-refractivity contribution in [1.82, 2.24) is 0 Å². The molecule has 0 aliphatic heterocycles. The van der Waals surface area contributed by atoms with E-state index in [0.717, 1.165) is 18.6 Å². The van der Waals surface area contributed by atoms with Gasteiger partial charge in [0.05, 0.1) is 5.41 Å². The van der Waals surface area contributed by atoms with Crippen molar-refractivity contribution in [1.29, 1.82) is 0 Å². The first-order valence-corrected chi connectivity index (χ1v) is 8.14. The van der Waals surface area contributed by atoms with E-state index in [1.165, 1.54) is 24.8 Å². The molecule has 0 aromatic heterocycles. The second-order valence-corrected chi connectivity index (χ2v) is 7.89. The average Bonchev–Trinajstić information content (AvgIpc) is 2.34. The zero-order valence-electron chi connectivity index (χ0n) is 14.9. The van der Waals surface area contributed by atoms with Gasteiger partial charge in [0.15, 0.2) is 0 Å². The van der Waals surface area contributed by atoms with Crippen molar-refractivity contribution in [2.45, 2.75) is 80.6 Å². The summed E-state index contributed by atoms with van der Waals surface area (Å²) in [6, 6.07) is 0. The highest BCUT2D eigenvalue weighted by molar-refractivity contribution is 5.76. The van der Waals surface area contributed by atoms with Crippen molar-refractivity contribution < 1.29 is 9.53 Å². The van der Waals surface area contributed by atoms with Gasteiger partial charge in [0.1, 0.15) is 5.76 Å². The summed E-state index contributed by atoms with van der Waals surface area (Å²) < 4.78 is 5.56. The number of ether oxygens (including phenoxy) is 1. The number of carbonyl (C=O) groups is 1. The molecule has 2 heteroatoms. The minimum absolute atomic E-state index is 0.149. The molecule has 0 spiro atoms. The number of hydrogen-bond acceptors (Lipinski definition) is 2. The van der Waals surface area contributed by atoms with Gasteiger partial charge in [-0.2, -0.15) is 0 Å². The van der Waals surface area contributed by atoms with Crippen molar-refractivity contribution in [3.63, 3.8) is 0 Å². The molecule has 1 aliphatic carbocycles. The third kappa shape index (κ3) is 5.01. The zero-order chi connectivity index (χ0) is 16.3. The van der Waals surface area contributed by atoms with Crippen LogP contribution in [0.2, 0.25) is 0 Å². The number of carbonyl (C=O) groups excluding carboxylic acids is 1. The molecule has 0 aromatic rings. The highest BCUT2D eigenvalue weighted by Gasteiger charge is 2.29. The van der Waals surface area contributed by atoms with Crippen LogP contribution in [-0.4, -0.2) is 5.97 Å². The fourth-order valence-corrected chi connectivity index (χ4v) is 3.00. The topological polar surface area (TPSA) is 26.3 Å². The van der Waals surface area contributed by atoms with Gasteiger partial charge in [-0.25, -0.2) is 0 Å². The molecule has 1 rings (SSSR count). The highest BCUT2D eigenvalue weighted by Crippen LogP contribution is 2.42. The molecule has 0 N–H and O–H groups in total. The van der Waals surface area contributed by atoms with Crippen molar-refractivity contribution in [3.05, 3.63) is 23.0 Å². The second-order valence-electron chi connectivity index (χ2n) is 7.89. The molecular weight excluding hydrogens is 260 g/mol. The molecule has 0 radical (unpaired) electrons. The molecule has 0 unspecified atom stereocenters. The number of rotatable bonds is 4. The van der Waals surface area contributed by atoms with E-state index >= 15 is 0 Å². The molecule has 0 saturated heterocycles. The predicted molar refractivity (Wildman–Crippen MR) is 88.9 cm³/mol. The van der Waals surface area contributed by atoms with Gasteiger partial charge >= 0.3 is 5.97 Å². The Morgan fingerprint density at radius 1 is 1.33 bits per heavy atom. The van der Waals surface area contributed by atoms with Crippen LogP contribution < -0.4 is 0 Å². The summed E-state index contributed by atoms with van der Waals surface area (Å²) in [5.74, 6) is 0.654. The van der Waals surface area contributed by atoms with E-state index in [2.05, 4.69) is 20.8 Å². The first kappa shape index (κ1) is 18.0. The molecule has 0 atom stereocenters. The molecule has 0 bridgehead atoms. The molecule has 1 aliphatic rings. The van der Waals surface area contributed by atoms with Crippen molar-refractivity contribution in [3.8, 4) is 0 Å². The van der Waals surface area contributed by atoms with Gasteiger partial charge < -0.3 is 4.74 Å². The van der Waals surface area contributed by atoms with E-state index in [1.54, 1.807) is 5.57 Å². The second kappa shape index (κ2) is 6.81. The van der Waals surface area contributed by atoms with Crippen LogP contribution in [0.25, 0.3) is 0 Å². The molecular formula is C19H32O2. The third-order valence-electron chi connectivity index (χ3n) is 4.47. The number of esters is 1. The maximum absolute atomic E-state index is 12.0. The summed E-state index contributed by atoms with van der Waals surface area (Å²) in [4.78, 5) is 12.0. The average molecular weight is 292 g/mol. The Morgan fingerprint density at radius 2 is 1.95 bits per heavy atom. The van der Waals surface area contributed by atoms with Gasteiger partial charge in [-0.3, -0.25) is 4.79 Å². The lowest BCUT2D eigenvalue weighted by atomic mass is 9.71. The van der Waals surface area contributed by atoms with Gasteiger partial charge in [-0.15, -0.1) is 0 Å². The quantitative estimate of drug-likeness (QED) is 0.372. The van der Waals surface area contributed by atoms with Gasteiger partial charge in [0.2, 0.25) is 0 Å². The first-order chi connectivity index (χ1) is 9.58. The smallest absolute Gasteiger partial charge is 0.316 e. The van der Waals surface area contributed by atoms with Crippen LogP contribution in [0.1, 0.15) is 80.6 Å². The lowest BCUT2D eigenvalue weighted by Gasteiger charge is -2.35. The summed E-state index contributed by atoms with van der Waals surface area (Å²) in [7, 11) is 0. The number of hydrogen-bond donors (Lipinski definition) is 0. The fourth-order valence-electron chi connectivity index (χ4n) is 3.00. The molecule has 120 valence electrons. The van der Waals surface area contributed by atoms with Gasteiger partial charge in [-0.05, 0) is 71.8 Å². The van der Waals surface area contributed by atoms with Crippen molar-refractivity contribution in [2.75, 3.05) is 0 Å². The van der Waals surface area contributed by atoms with Crippen LogP contribution in [0.5, 0.6) is 0 Å². The monoisotopic (exact) mass is 292 g/mol. The Kier molecular flexibility index (Phi) is 5.83. The summed E-state index contributed by atoms with van der Waals surface area (Å²) in [5, 5.41) is 0. The van der Waals surface area contributed by atoms with E-state index in [-0.39, 0.29) is 11.4 Å². The lowest BCUT2D eigenvalue weighted by molar-refractivity contribution is -0.148. The van der Waals surface area contributed by atoms with Crippen LogP contribution in [0.15, 0.2) is 23.0 Å². The van der Waals surface area contributed by atoms with Crippen LogP contribution >= 0.6 is 0 Å². The Bertz CT molecular complexity index is 445. The molecule has 21 heavy (non-hydrogen) atoms. The minimum atomic E-state index is -0.451. The van der Waals surface area contributed by atoms with Gasteiger partial charge in [0, 0.05) is 6.42 Å². The van der Waals surface area contributed by atoms with Crippen molar-refractivity contribution in [2.24, 2.45) is 10.8 Å². The molecule has 0 aromatic carbocycles. The Hall–Kier alpha value is -1.05. The van der Waals surface area contributed by atoms with Crippen LogP contribution in [-0.2, 0) is 9.53 Å². The largest absolute Gasteiger partial charge is 0.431 e. The Balaban J connectivity index is 2.70. The third-order valence-corrected chi connectivity index (χ3v) is 4.47. The van der Waals surface area contributed by atoms with E-state index < -0.39 is 5.41 Å². The minimum Gasteiger partial charge on any atom is -0.431 e. The summed E-state index contributed by atoms with van der Waals surface area (Å²) in [5.41, 5.74) is 2.92. The SMILES string of the molecule is CC=C(CCC1=C(C)CCCC1(C)C)OC(=O)C(C)(C)C. The molecule has 0 fully saturated rings. The zero-order valence-corrected chi connectivity index (χ0v) is 14.9. The Labute approximate surface area is 130 Å². The predicted octanol–water partition coefficient (Wildman–Crippen LogP) is 5.79. The summed E-state index contributed by atoms with van der Waals surface area (Å²) in [6.07, 6.45) is 7.50. The molecule has 0 heterocycles. The molecule has 0 amide bonds. The number of allylic oxidation sites excluding steroid dienone is 4. The van der Waals surface area contributed by atoms with Crippen LogP contribution in [0.3, 0.4) is 0 Å². The van der Waals surface area contributed by atoms with Gasteiger partial charge in [-0.1, -0.05) is 25.0 Å². The van der Waals surface area contributed by atoms with Gasteiger partial charge in [0.25, 0.3) is 0 Å². The highest BCUT2D eigenvalue weighted by atomic mass is 16.5. The molecule has 0 saturated carbocycles. The van der Waals surface area contributed by atoms with Crippen LogP contribution in [0.4, 0.5) is 0 Å². The van der Waals surface area contributed by atoms with Crippen molar-refractivity contribution >= 4 is 5.97 Å².